The Bertz CT molecular complexity index is 478. The van der Waals surface area contributed by atoms with Gasteiger partial charge in [0.2, 0.25) is 0 Å². The highest BCUT2D eigenvalue weighted by Gasteiger charge is 2.10. The lowest BCUT2D eigenvalue weighted by atomic mass is 10.2. The van der Waals surface area contributed by atoms with Gasteiger partial charge in [0, 0.05) is 15.4 Å². The molecule has 0 radical (unpaired) electrons. The number of thiophene rings is 1. The van der Waals surface area contributed by atoms with Crippen LogP contribution in [-0.2, 0) is 0 Å². The standard InChI is InChI=1S/C9H4BrFOS/c10-8-5(4-12)3-7(11)9-6(8)1-2-13-9/h1-4H. The molecule has 0 unspecified atom stereocenters. The molecule has 0 bridgehead atoms. The van der Waals surface area contributed by atoms with E-state index in [1.54, 1.807) is 11.4 Å². The maximum Gasteiger partial charge on any atom is 0.151 e. The second-order valence-corrected chi connectivity index (χ2v) is 4.25. The third-order valence-corrected chi connectivity index (χ3v) is 3.59. The first kappa shape index (κ1) is 8.84. The van der Waals surface area contributed by atoms with Crippen LogP contribution in [0.4, 0.5) is 4.39 Å². The molecule has 0 aliphatic rings. The number of hydrogen-bond acceptors (Lipinski definition) is 2. The molecule has 66 valence electrons. The van der Waals surface area contributed by atoms with Crippen molar-refractivity contribution < 1.29 is 9.18 Å². The maximum absolute atomic E-state index is 13.3. The summed E-state index contributed by atoms with van der Waals surface area (Å²) < 4.78 is 14.5. The third kappa shape index (κ3) is 1.30. The van der Waals surface area contributed by atoms with Gasteiger partial charge in [0.25, 0.3) is 0 Å². The fourth-order valence-corrected chi connectivity index (χ4v) is 2.65. The Hall–Kier alpha value is -0.740. The van der Waals surface area contributed by atoms with Crippen molar-refractivity contribution in [1.29, 1.82) is 0 Å². The van der Waals surface area contributed by atoms with Crippen LogP contribution in [0.1, 0.15) is 10.4 Å². The van der Waals surface area contributed by atoms with Crippen LogP contribution < -0.4 is 0 Å². The highest BCUT2D eigenvalue weighted by Crippen LogP contribution is 2.32. The van der Waals surface area contributed by atoms with Gasteiger partial charge < -0.3 is 0 Å². The SMILES string of the molecule is O=Cc1cc(F)c2sccc2c1Br. The molecular weight excluding hydrogens is 255 g/mol. The largest absolute Gasteiger partial charge is 0.298 e. The van der Waals surface area contributed by atoms with Gasteiger partial charge in [-0.3, -0.25) is 4.79 Å². The zero-order valence-electron chi connectivity index (χ0n) is 6.38. The third-order valence-electron chi connectivity index (χ3n) is 1.78. The van der Waals surface area contributed by atoms with Crippen LogP contribution in [0.2, 0.25) is 0 Å². The van der Waals surface area contributed by atoms with Crippen molar-refractivity contribution in [1.82, 2.24) is 0 Å². The topological polar surface area (TPSA) is 17.1 Å². The van der Waals surface area contributed by atoms with Gasteiger partial charge in [-0.05, 0) is 33.4 Å². The summed E-state index contributed by atoms with van der Waals surface area (Å²) in [5, 5.41) is 2.56. The van der Waals surface area contributed by atoms with Crippen LogP contribution in [0.3, 0.4) is 0 Å². The van der Waals surface area contributed by atoms with Crippen molar-refractivity contribution in [2.24, 2.45) is 0 Å². The molecule has 1 heterocycles. The predicted molar refractivity (Wildman–Crippen MR) is 54.9 cm³/mol. The van der Waals surface area contributed by atoms with Crippen LogP contribution in [0, 0.1) is 5.82 Å². The molecule has 1 aromatic heterocycles. The van der Waals surface area contributed by atoms with Crippen molar-refractivity contribution >= 4 is 43.6 Å². The molecule has 2 rings (SSSR count). The van der Waals surface area contributed by atoms with Crippen molar-refractivity contribution in [3.05, 3.63) is 33.4 Å². The van der Waals surface area contributed by atoms with Gasteiger partial charge in [-0.2, -0.15) is 0 Å². The van der Waals surface area contributed by atoms with E-state index in [0.29, 0.717) is 21.0 Å². The monoisotopic (exact) mass is 258 g/mol. The average Bonchev–Trinajstić information content (AvgIpc) is 2.60. The van der Waals surface area contributed by atoms with Crippen LogP contribution in [0.5, 0.6) is 0 Å². The smallest absolute Gasteiger partial charge is 0.151 e. The van der Waals surface area contributed by atoms with Gasteiger partial charge in [0.1, 0.15) is 5.82 Å². The lowest BCUT2D eigenvalue weighted by molar-refractivity contribution is 0.112. The molecule has 13 heavy (non-hydrogen) atoms. The molecule has 0 N–H and O–H groups in total. The first-order chi connectivity index (χ1) is 6.24. The molecule has 0 fully saturated rings. The number of halogens is 2. The number of hydrogen-bond donors (Lipinski definition) is 0. The Balaban J connectivity index is 2.93. The minimum Gasteiger partial charge on any atom is -0.298 e. The van der Waals surface area contributed by atoms with Gasteiger partial charge in [0.05, 0.1) is 4.70 Å². The van der Waals surface area contributed by atoms with Crippen LogP contribution in [-0.4, -0.2) is 6.29 Å². The summed E-state index contributed by atoms with van der Waals surface area (Å²) in [4.78, 5) is 10.6. The second-order valence-electron chi connectivity index (χ2n) is 2.54. The predicted octanol–water partition coefficient (Wildman–Crippen LogP) is 3.62. The average molecular weight is 259 g/mol. The highest BCUT2D eigenvalue weighted by atomic mass is 79.9. The molecule has 0 aliphatic carbocycles. The minimum atomic E-state index is -0.338. The van der Waals surface area contributed by atoms with Crippen LogP contribution >= 0.6 is 27.3 Å². The molecule has 0 saturated carbocycles. The van der Waals surface area contributed by atoms with Gasteiger partial charge in [0.15, 0.2) is 6.29 Å². The van der Waals surface area contributed by atoms with E-state index >= 15 is 0 Å². The van der Waals surface area contributed by atoms with E-state index in [0.717, 1.165) is 5.39 Å². The number of aldehydes is 1. The lowest BCUT2D eigenvalue weighted by Crippen LogP contribution is -1.85. The van der Waals surface area contributed by atoms with Gasteiger partial charge >= 0.3 is 0 Å². The first-order valence-corrected chi connectivity index (χ1v) is 5.21. The fraction of sp³-hybridized carbons (Fsp3) is 0. The maximum atomic E-state index is 13.3. The van der Waals surface area contributed by atoms with E-state index in [2.05, 4.69) is 15.9 Å². The number of carbonyl (C=O) groups excluding carboxylic acids is 1. The molecule has 1 nitrogen and oxygen atoms in total. The number of fused-ring (bicyclic) bond motifs is 1. The molecule has 1 aromatic carbocycles. The lowest BCUT2D eigenvalue weighted by Gasteiger charge is -1.99. The zero-order chi connectivity index (χ0) is 9.42. The number of carbonyl (C=O) groups is 1. The van der Waals surface area contributed by atoms with Crippen LogP contribution in [0.15, 0.2) is 22.0 Å². The Labute approximate surface area is 86.3 Å². The molecular formula is C9H4BrFOS. The van der Waals surface area contributed by atoms with E-state index in [-0.39, 0.29) is 5.82 Å². The molecule has 2 aromatic rings. The second kappa shape index (κ2) is 3.20. The van der Waals surface area contributed by atoms with E-state index < -0.39 is 0 Å². The molecule has 4 heteroatoms. The van der Waals surface area contributed by atoms with E-state index in [9.17, 15) is 9.18 Å². The van der Waals surface area contributed by atoms with E-state index in [4.69, 9.17) is 0 Å². The Morgan fingerprint density at radius 1 is 1.54 bits per heavy atom. The molecule has 0 amide bonds. The van der Waals surface area contributed by atoms with Crippen molar-refractivity contribution in [3.8, 4) is 0 Å². The normalized spacial score (nSPS) is 10.6. The first-order valence-electron chi connectivity index (χ1n) is 3.54. The van der Waals surface area contributed by atoms with Crippen molar-refractivity contribution in [2.45, 2.75) is 0 Å². The zero-order valence-corrected chi connectivity index (χ0v) is 8.78. The van der Waals surface area contributed by atoms with Gasteiger partial charge in [-0.15, -0.1) is 11.3 Å². The Morgan fingerprint density at radius 3 is 3.00 bits per heavy atom. The molecule has 0 aliphatic heterocycles. The Kier molecular flexibility index (Phi) is 2.17. The van der Waals surface area contributed by atoms with Gasteiger partial charge in [-0.25, -0.2) is 4.39 Å². The van der Waals surface area contributed by atoms with E-state index in [1.807, 2.05) is 0 Å². The summed E-state index contributed by atoms with van der Waals surface area (Å²) in [6.07, 6.45) is 0.643. The van der Waals surface area contributed by atoms with Gasteiger partial charge in [-0.1, -0.05) is 0 Å². The van der Waals surface area contributed by atoms with Crippen LogP contribution in [0.25, 0.3) is 10.1 Å². The summed E-state index contributed by atoms with van der Waals surface area (Å²) in [7, 11) is 0. The summed E-state index contributed by atoms with van der Waals surface area (Å²) >= 11 is 4.59. The quantitative estimate of drug-likeness (QED) is 0.715. The van der Waals surface area contributed by atoms with Crippen molar-refractivity contribution in [3.63, 3.8) is 0 Å². The fourth-order valence-electron chi connectivity index (χ4n) is 1.17. The minimum absolute atomic E-state index is 0.338. The summed E-state index contributed by atoms with van der Waals surface area (Å²) in [5.41, 5.74) is 0.350. The van der Waals surface area contributed by atoms with Crippen molar-refractivity contribution in [2.75, 3.05) is 0 Å². The Morgan fingerprint density at radius 2 is 2.31 bits per heavy atom. The molecule has 0 saturated heterocycles. The number of benzene rings is 1. The molecule has 0 spiro atoms. The van der Waals surface area contributed by atoms with E-state index in [1.165, 1.54) is 17.4 Å². The highest BCUT2D eigenvalue weighted by molar-refractivity contribution is 9.10. The number of rotatable bonds is 1. The summed E-state index contributed by atoms with van der Waals surface area (Å²) in [6, 6.07) is 3.04. The summed E-state index contributed by atoms with van der Waals surface area (Å²) in [5.74, 6) is -0.338. The molecule has 0 atom stereocenters. The summed E-state index contributed by atoms with van der Waals surface area (Å²) in [6.45, 7) is 0.